The minimum absolute atomic E-state index is 0.0370. The van der Waals surface area contributed by atoms with Gasteiger partial charge in [-0.05, 0) is 0 Å². The highest BCUT2D eigenvalue weighted by atomic mass is 32.1. The molecule has 0 aromatic carbocycles. The van der Waals surface area contributed by atoms with E-state index in [1.54, 1.807) is 6.29 Å². The van der Waals surface area contributed by atoms with Crippen molar-refractivity contribution < 1.29 is 9.63 Å². The van der Waals surface area contributed by atoms with E-state index in [9.17, 15) is 4.79 Å². The third-order valence-electron chi connectivity index (χ3n) is 0.842. The minimum atomic E-state index is 0.0370. The predicted molar refractivity (Wildman–Crippen MR) is 39.1 cm³/mol. The van der Waals surface area contributed by atoms with Crippen LogP contribution in [0.25, 0.3) is 0 Å². The Morgan fingerprint density at radius 3 is 3.18 bits per heavy atom. The normalized spacial score (nSPS) is 11.2. The Bertz CT molecular complexity index is 257. The van der Waals surface area contributed by atoms with Crippen molar-refractivity contribution in [3.63, 3.8) is 0 Å². The van der Waals surface area contributed by atoms with Crippen LogP contribution in [-0.4, -0.2) is 29.3 Å². The molecule has 0 unspecified atom stereocenters. The first-order chi connectivity index (χ1) is 5.38. The summed E-state index contributed by atoms with van der Waals surface area (Å²) in [6, 6.07) is 0. The topological polar surface area (TPSA) is 64.4 Å². The van der Waals surface area contributed by atoms with Crippen LogP contribution in [0.4, 0.5) is 0 Å². The summed E-state index contributed by atoms with van der Waals surface area (Å²) in [6.45, 7) is 0. The summed E-state index contributed by atoms with van der Waals surface area (Å²) < 4.78 is 0. The lowest BCUT2D eigenvalue weighted by Gasteiger charge is -1.87. The maximum atomic E-state index is 10.2. The average Bonchev–Trinajstić information content (AvgIpc) is 2.52. The Hall–Kier alpha value is -1.30. The van der Waals surface area contributed by atoms with Crippen LogP contribution >= 0.6 is 11.3 Å². The zero-order chi connectivity index (χ0) is 8.10. The number of hydrogen-bond donors (Lipinski definition) is 0. The van der Waals surface area contributed by atoms with E-state index >= 15 is 0 Å². The standard InChI is InChI=1S/C5H4N3O2S/c1-10-8-4(2-9)5-7-6-3-11-5/h3H,1H3/b8-4+. The minimum Gasteiger partial charge on any atom is -0.398 e. The van der Waals surface area contributed by atoms with Gasteiger partial charge in [0, 0.05) is 0 Å². The molecular weight excluding hydrogens is 166 g/mol. The molecule has 0 aliphatic rings. The first-order valence-electron chi connectivity index (χ1n) is 2.64. The highest BCUT2D eigenvalue weighted by Gasteiger charge is 2.06. The first-order valence-corrected chi connectivity index (χ1v) is 3.52. The second-order valence-corrected chi connectivity index (χ2v) is 2.30. The maximum absolute atomic E-state index is 10.2. The zero-order valence-corrected chi connectivity index (χ0v) is 6.46. The van der Waals surface area contributed by atoms with Crippen LogP contribution in [0, 0.1) is 0 Å². The molecule has 1 rings (SSSR count). The molecule has 1 heterocycles. The van der Waals surface area contributed by atoms with Gasteiger partial charge < -0.3 is 4.84 Å². The fraction of sp³-hybridized carbons (Fsp3) is 0.200. The van der Waals surface area contributed by atoms with Crippen molar-refractivity contribution in [3.8, 4) is 0 Å². The third kappa shape index (κ3) is 1.81. The van der Waals surface area contributed by atoms with Gasteiger partial charge >= 0.3 is 0 Å². The molecule has 1 aromatic rings. The fourth-order valence-electron chi connectivity index (χ4n) is 0.469. The molecule has 0 amide bonds. The van der Waals surface area contributed by atoms with Crippen molar-refractivity contribution in [1.29, 1.82) is 0 Å². The van der Waals surface area contributed by atoms with E-state index in [1.165, 1.54) is 24.0 Å². The summed E-state index contributed by atoms with van der Waals surface area (Å²) in [5.41, 5.74) is 1.53. The van der Waals surface area contributed by atoms with Crippen molar-refractivity contribution in [1.82, 2.24) is 10.2 Å². The monoisotopic (exact) mass is 170 g/mol. The Morgan fingerprint density at radius 1 is 1.91 bits per heavy atom. The number of carbonyl (C=O) groups excluding carboxylic acids is 1. The summed E-state index contributed by atoms with van der Waals surface area (Å²) in [4.78, 5) is 14.6. The van der Waals surface area contributed by atoms with Crippen LogP contribution in [0.5, 0.6) is 0 Å². The molecule has 0 aliphatic carbocycles. The van der Waals surface area contributed by atoms with E-state index in [2.05, 4.69) is 20.2 Å². The zero-order valence-electron chi connectivity index (χ0n) is 5.64. The van der Waals surface area contributed by atoms with Gasteiger partial charge in [-0.15, -0.1) is 10.2 Å². The van der Waals surface area contributed by atoms with E-state index in [0.29, 0.717) is 5.01 Å². The molecule has 1 radical (unpaired) electrons. The molecule has 0 fully saturated rings. The lowest BCUT2D eigenvalue weighted by Crippen LogP contribution is -2.01. The Kier molecular flexibility index (Phi) is 2.67. The summed E-state index contributed by atoms with van der Waals surface area (Å²) in [5, 5.41) is 10.9. The molecule has 57 valence electrons. The van der Waals surface area contributed by atoms with Crippen LogP contribution < -0.4 is 0 Å². The van der Waals surface area contributed by atoms with E-state index in [0.717, 1.165) is 0 Å². The number of nitrogens with zero attached hydrogens (tertiary/aromatic N) is 3. The lowest BCUT2D eigenvalue weighted by atomic mass is 10.4. The van der Waals surface area contributed by atoms with Gasteiger partial charge in [-0.3, -0.25) is 4.79 Å². The predicted octanol–water partition coefficient (Wildman–Crippen LogP) is -0.00170. The van der Waals surface area contributed by atoms with Crippen LogP contribution in [0.3, 0.4) is 0 Å². The fourth-order valence-corrected chi connectivity index (χ4v) is 0.948. The summed E-state index contributed by atoms with van der Waals surface area (Å²) in [5.74, 6) is 0. The number of oxime groups is 1. The highest BCUT2D eigenvalue weighted by Crippen LogP contribution is 2.01. The van der Waals surface area contributed by atoms with E-state index in [-0.39, 0.29) is 5.71 Å². The molecule has 5 nitrogen and oxygen atoms in total. The van der Waals surface area contributed by atoms with Crippen LogP contribution in [0.1, 0.15) is 5.01 Å². The largest absolute Gasteiger partial charge is 0.398 e. The van der Waals surface area contributed by atoms with Gasteiger partial charge in [0.25, 0.3) is 6.29 Å². The van der Waals surface area contributed by atoms with Crippen molar-refractivity contribution in [2.45, 2.75) is 0 Å². The molecule has 0 N–H and O–H groups in total. The Labute approximate surface area is 66.7 Å². The molecule has 0 saturated heterocycles. The SMILES string of the molecule is CO/N=C(\[C]=O)c1nncs1. The lowest BCUT2D eigenvalue weighted by molar-refractivity contribution is 0.214. The average molecular weight is 170 g/mol. The van der Waals surface area contributed by atoms with Gasteiger partial charge in [-0.1, -0.05) is 16.5 Å². The second kappa shape index (κ2) is 3.77. The van der Waals surface area contributed by atoms with Crippen LogP contribution in [0.15, 0.2) is 10.7 Å². The maximum Gasteiger partial charge on any atom is 0.260 e. The van der Waals surface area contributed by atoms with Gasteiger partial charge in [0.2, 0.25) is 0 Å². The van der Waals surface area contributed by atoms with E-state index < -0.39 is 0 Å². The van der Waals surface area contributed by atoms with E-state index in [4.69, 9.17) is 0 Å². The molecular formula is C5H4N3O2S. The number of aromatic nitrogens is 2. The van der Waals surface area contributed by atoms with Crippen molar-refractivity contribution in [2.24, 2.45) is 5.16 Å². The Morgan fingerprint density at radius 2 is 2.73 bits per heavy atom. The molecule has 0 atom stereocenters. The van der Waals surface area contributed by atoms with Gasteiger partial charge in [-0.25, -0.2) is 0 Å². The third-order valence-corrected chi connectivity index (χ3v) is 1.54. The summed E-state index contributed by atoms with van der Waals surface area (Å²) in [7, 11) is 1.35. The van der Waals surface area contributed by atoms with Crippen LogP contribution in [-0.2, 0) is 9.63 Å². The summed E-state index contributed by atoms with van der Waals surface area (Å²) >= 11 is 1.20. The molecule has 1 aromatic heterocycles. The van der Waals surface area contributed by atoms with Crippen molar-refractivity contribution >= 4 is 23.3 Å². The van der Waals surface area contributed by atoms with Gasteiger partial charge in [0.15, 0.2) is 10.7 Å². The molecule has 0 spiro atoms. The second-order valence-electron chi connectivity index (χ2n) is 1.47. The smallest absolute Gasteiger partial charge is 0.260 e. The summed E-state index contributed by atoms with van der Waals surface area (Å²) in [6.07, 6.45) is 1.59. The van der Waals surface area contributed by atoms with Gasteiger partial charge in [-0.2, -0.15) is 0 Å². The Balaban J connectivity index is 2.88. The molecule has 0 aliphatic heterocycles. The number of hydrogen-bond acceptors (Lipinski definition) is 6. The molecule has 11 heavy (non-hydrogen) atoms. The van der Waals surface area contributed by atoms with Gasteiger partial charge in [0.05, 0.1) is 0 Å². The van der Waals surface area contributed by atoms with Gasteiger partial charge in [0.1, 0.15) is 12.6 Å². The van der Waals surface area contributed by atoms with E-state index in [1.807, 2.05) is 0 Å². The van der Waals surface area contributed by atoms with Crippen LogP contribution in [0.2, 0.25) is 0 Å². The molecule has 0 saturated carbocycles. The van der Waals surface area contributed by atoms with Crippen molar-refractivity contribution in [3.05, 3.63) is 10.5 Å². The molecule has 6 heteroatoms. The van der Waals surface area contributed by atoms with Crippen molar-refractivity contribution in [2.75, 3.05) is 7.11 Å². The highest BCUT2D eigenvalue weighted by molar-refractivity contribution is 7.12. The first kappa shape index (κ1) is 7.80. The molecule has 0 bridgehead atoms. The quantitative estimate of drug-likeness (QED) is 0.473. The number of rotatable bonds is 3.